The van der Waals surface area contributed by atoms with Crippen LogP contribution in [0.1, 0.15) is 54.3 Å². The maximum absolute atomic E-state index is 3.42. The van der Waals surface area contributed by atoms with Gasteiger partial charge in [-0.25, -0.2) is 0 Å². The Morgan fingerprint density at radius 2 is 1.81 bits per heavy atom. The van der Waals surface area contributed by atoms with Crippen LogP contribution in [0.15, 0.2) is 42.5 Å². The van der Waals surface area contributed by atoms with Crippen LogP contribution in [0, 0.1) is 0 Å². The summed E-state index contributed by atoms with van der Waals surface area (Å²) in [4.78, 5) is 0. The van der Waals surface area contributed by atoms with Crippen LogP contribution >= 0.6 is 0 Å². The smallest absolute Gasteiger partial charge is 0.0323 e. The second-order valence-electron chi connectivity index (χ2n) is 6.55. The average molecular weight is 277 g/mol. The van der Waals surface area contributed by atoms with E-state index in [1.807, 2.05) is 0 Å². The van der Waals surface area contributed by atoms with Crippen LogP contribution < -0.4 is 5.32 Å². The fourth-order valence-corrected chi connectivity index (χ4v) is 3.81. The summed E-state index contributed by atoms with van der Waals surface area (Å²) in [6, 6.07) is 16.8. The fraction of sp³-hybridized carbons (Fsp3) is 0.400. The molecule has 0 aliphatic heterocycles. The van der Waals surface area contributed by atoms with Crippen LogP contribution in [0.2, 0.25) is 0 Å². The Hall–Kier alpha value is -1.60. The Labute approximate surface area is 127 Å². The first kappa shape index (κ1) is 13.1. The molecule has 2 aliphatic carbocycles. The van der Waals surface area contributed by atoms with Crippen LogP contribution in [0.3, 0.4) is 0 Å². The molecule has 1 nitrogen and oxygen atoms in total. The van der Waals surface area contributed by atoms with Crippen molar-refractivity contribution in [2.45, 2.75) is 44.1 Å². The zero-order valence-electron chi connectivity index (χ0n) is 12.7. The van der Waals surface area contributed by atoms with E-state index in [0.717, 1.165) is 5.92 Å². The van der Waals surface area contributed by atoms with Gasteiger partial charge in [0.25, 0.3) is 0 Å². The number of fused-ring (bicyclic) bond motifs is 1. The van der Waals surface area contributed by atoms with Crippen molar-refractivity contribution in [1.29, 1.82) is 0 Å². The van der Waals surface area contributed by atoms with E-state index in [9.17, 15) is 0 Å². The van der Waals surface area contributed by atoms with Crippen LogP contribution in [-0.4, -0.2) is 7.05 Å². The summed E-state index contributed by atoms with van der Waals surface area (Å²) in [5, 5.41) is 3.42. The van der Waals surface area contributed by atoms with Gasteiger partial charge in [-0.05, 0) is 66.5 Å². The molecular weight excluding hydrogens is 254 g/mol. The highest BCUT2D eigenvalue weighted by Crippen LogP contribution is 2.38. The molecule has 0 saturated heterocycles. The summed E-state index contributed by atoms with van der Waals surface area (Å²) in [6.07, 6.45) is 6.59. The van der Waals surface area contributed by atoms with Gasteiger partial charge in [-0.1, -0.05) is 48.9 Å². The predicted octanol–water partition coefficient (Wildman–Crippen LogP) is 4.83. The van der Waals surface area contributed by atoms with Crippen LogP contribution in [0.4, 0.5) is 0 Å². The number of hydrogen-bond donors (Lipinski definition) is 1. The first-order valence-electron chi connectivity index (χ1n) is 8.25. The van der Waals surface area contributed by atoms with E-state index in [0.29, 0.717) is 6.04 Å². The van der Waals surface area contributed by atoms with Gasteiger partial charge in [-0.3, -0.25) is 0 Å². The van der Waals surface area contributed by atoms with Crippen molar-refractivity contribution in [1.82, 2.24) is 5.32 Å². The molecule has 1 unspecified atom stereocenters. The molecule has 0 amide bonds. The van der Waals surface area contributed by atoms with Gasteiger partial charge in [0.05, 0.1) is 0 Å². The third-order valence-electron chi connectivity index (χ3n) is 5.37. The van der Waals surface area contributed by atoms with Gasteiger partial charge in [-0.2, -0.15) is 0 Å². The van der Waals surface area contributed by atoms with Crippen molar-refractivity contribution in [3.8, 4) is 11.1 Å². The van der Waals surface area contributed by atoms with Gasteiger partial charge in [0.1, 0.15) is 0 Å². The highest BCUT2D eigenvalue weighted by molar-refractivity contribution is 5.66. The van der Waals surface area contributed by atoms with Crippen molar-refractivity contribution < 1.29 is 0 Å². The van der Waals surface area contributed by atoms with E-state index in [1.54, 1.807) is 0 Å². The second-order valence-corrected chi connectivity index (χ2v) is 6.55. The van der Waals surface area contributed by atoms with Crippen molar-refractivity contribution in [3.63, 3.8) is 0 Å². The molecule has 0 spiro atoms. The third kappa shape index (κ3) is 2.30. The van der Waals surface area contributed by atoms with E-state index in [1.165, 1.54) is 59.9 Å². The molecule has 2 aliphatic rings. The van der Waals surface area contributed by atoms with Crippen molar-refractivity contribution in [3.05, 3.63) is 59.2 Å². The van der Waals surface area contributed by atoms with Crippen molar-refractivity contribution in [2.75, 3.05) is 7.05 Å². The van der Waals surface area contributed by atoms with Crippen LogP contribution in [-0.2, 0) is 6.42 Å². The molecule has 1 atom stereocenters. The SMILES string of the molecule is CNC1CCc2cc(-c3cccc(C4CCC4)c3)ccc21. The molecule has 4 rings (SSSR count). The lowest BCUT2D eigenvalue weighted by Crippen LogP contribution is -2.12. The normalized spacial score (nSPS) is 21.1. The molecular formula is C20H23N. The first-order chi connectivity index (χ1) is 10.3. The molecule has 21 heavy (non-hydrogen) atoms. The van der Waals surface area contributed by atoms with Gasteiger partial charge in [0.15, 0.2) is 0 Å². The molecule has 1 N–H and O–H groups in total. The topological polar surface area (TPSA) is 12.0 Å². The molecule has 1 saturated carbocycles. The monoisotopic (exact) mass is 277 g/mol. The minimum atomic E-state index is 0.551. The lowest BCUT2D eigenvalue weighted by molar-refractivity contribution is 0.420. The van der Waals surface area contributed by atoms with E-state index >= 15 is 0 Å². The van der Waals surface area contributed by atoms with Crippen LogP contribution in [0.25, 0.3) is 11.1 Å². The zero-order valence-corrected chi connectivity index (χ0v) is 12.7. The first-order valence-corrected chi connectivity index (χ1v) is 8.25. The van der Waals surface area contributed by atoms with Gasteiger partial charge in [0, 0.05) is 6.04 Å². The van der Waals surface area contributed by atoms with Gasteiger partial charge in [-0.15, -0.1) is 0 Å². The summed E-state index contributed by atoms with van der Waals surface area (Å²) in [5.41, 5.74) is 7.33. The largest absolute Gasteiger partial charge is 0.313 e. The summed E-state index contributed by atoms with van der Waals surface area (Å²) in [6.45, 7) is 0. The average Bonchev–Trinajstić information content (AvgIpc) is 2.88. The Balaban J connectivity index is 1.67. The molecule has 0 aromatic heterocycles. The molecule has 1 fully saturated rings. The van der Waals surface area contributed by atoms with Gasteiger partial charge < -0.3 is 5.32 Å². The van der Waals surface area contributed by atoms with Crippen LogP contribution in [0.5, 0.6) is 0 Å². The van der Waals surface area contributed by atoms with Crippen molar-refractivity contribution in [2.24, 2.45) is 0 Å². The number of aryl methyl sites for hydroxylation is 1. The molecule has 2 aromatic carbocycles. The predicted molar refractivity (Wildman–Crippen MR) is 88.6 cm³/mol. The standard InChI is InChI=1S/C20H23N/c1-21-20-11-9-18-13-17(8-10-19(18)20)16-7-3-6-15(12-16)14-4-2-5-14/h3,6-8,10,12-14,20-21H,2,4-5,9,11H2,1H3. The molecule has 2 aromatic rings. The summed E-state index contributed by atoms with van der Waals surface area (Å²) in [7, 11) is 2.07. The minimum Gasteiger partial charge on any atom is -0.313 e. The summed E-state index contributed by atoms with van der Waals surface area (Å²) in [5.74, 6) is 0.813. The maximum Gasteiger partial charge on any atom is 0.0323 e. The highest BCUT2D eigenvalue weighted by Gasteiger charge is 2.22. The van der Waals surface area contributed by atoms with E-state index in [2.05, 4.69) is 54.8 Å². The Morgan fingerprint density at radius 3 is 2.57 bits per heavy atom. The van der Waals surface area contributed by atoms with Gasteiger partial charge >= 0.3 is 0 Å². The molecule has 108 valence electrons. The lowest BCUT2D eigenvalue weighted by Gasteiger charge is -2.26. The Bertz CT molecular complexity index is 655. The maximum atomic E-state index is 3.42. The number of nitrogens with one attached hydrogen (secondary N) is 1. The van der Waals surface area contributed by atoms with E-state index in [-0.39, 0.29) is 0 Å². The lowest BCUT2D eigenvalue weighted by atomic mass is 9.79. The Morgan fingerprint density at radius 1 is 0.952 bits per heavy atom. The third-order valence-corrected chi connectivity index (χ3v) is 5.37. The van der Waals surface area contributed by atoms with Crippen molar-refractivity contribution >= 4 is 0 Å². The molecule has 1 heteroatoms. The fourth-order valence-electron chi connectivity index (χ4n) is 3.81. The summed E-state index contributed by atoms with van der Waals surface area (Å²) >= 11 is 0. The van der Waals surface area contributed by atoms with E-state index in [4.69, 9.17) is 0 Å². The minimum absolute atomic E-state index is 0.551. The number of rotatable bonds is 3. The summed E-state index contributed by atoms with van der Waals surface area (Å²) < 4.78 is 0. The second kappa shape index (κ2) is 5.31. The van der Waals surface area contributed by atoms with E-state index < -0.39 is 0 Å². The molecule has 0 radical (unpaired) electrons. The van der Waals surface area contributed by atoms with Gasteiger partial charge in [0.2, 0.25) is 0 Å². The quantitative estimate of drug-likeness (QED) is 0.847. The molecule has 0 bridgehead atoms. The number of hydrogen-bond acceptors (Lipinski definition) is 1. The zero-order chi connectivity index (χ0) is 14.2. The highest BCUT2D eigenvalue weighted by atomic mass is 14.9. The molecule has 0 heterocycles. The Kier molecular flexibility index (Phi) is 3.31. The number of benzene rings is 2.